The highest BCUT2D eigenvalue weighted by molar-refractivity contribution is 5.93. The molecule has 0 aliphatic carbocycles. The molecule has 0 aliphatic heterocycles. The van der Waals surface area contributed by atoms with E-state index in [0.29, 0.717) is 17.8 Å². The monoisotopic (exact) mass is 273 g/mol. The van der Waals surface area contributed by atoms with Crippen molar-refractivity contribution in [1.82, 2.24) is 15.0 Å². The smallest absolute Gasteiger partial charge is 0.337 e. The zero-order valence-corrected chi connectivity index (χ0v) is 11.6. The van der Waals surface area contributed by atoms with Crippen LogP contribution in [0.3, 0.4) is 0 Å². The number of hydrogen-bond donors (Lipinski definition) is 0. The van der Waals surface area contributed by atoms with E-state index < -0.39 is 0 Å². The molecule has 0 saturated carbocycles. The molecule has 0 spiro atoms. The van der Waals surface area contributed by atoms with Crippen LogP contribution in [0.2, 0.25) is 0 Å². The van der Waals surface area contributed by atoms with E-state index >= 15 is 0 Å². The van der Waals surface area contributed by atoms with Crippen LogP contribution in [0, 0.1) is 6.92 Å². The number of aromatic nitrogens is 3. The third-order valence-corrected chi connectivity index (χ3v) is 3.02. The number of nitrogens with zero attached hydrogens (tertiary/aromatic N) is 3. The topological polar surface area (TPSA) is 74.1 Å². The third-order valence-electron chi connectivity index (χ3n) is 3.02. The van der Waals surface area contributed by atoms with Crippen molar-refractivity contribution in [3.63, 3.8) is 0 Å². The predicted octanol–water partition coefficient (Wildman–Crippen LogP) is 1.62. The number of benzene rings is 1. The Hall–Kier alpha value is -2.50. The van der Waals surface area contributed by atoms with Crippen molar-refractivity contribution in [3.8, 4) is 0 Å². The van der Waals surface area contributed by atoms with Gasteiger partial charge in [0, 0.05) is 6.92 Å². The minimum absolute atomic E-state index is 0.102. The summed E-state index contributed by atoms with van der Waals surface area (Å²) in [6.07, 6.45) is 0. The summed E-state index contributed by atoms with van der Waals surface area (Å²) in [5, 5.41) is 7.82. The average Bonchev–Trinajstić information content (AvgIpc) is 2.80. The van der Waals surface area contributed by atoms with E-state index in [0.717, 1.165) is 11.3 Å². The van der Waals surface area contributed by atoms with Gasteiger partial charge in [0.1, 0.15) is 0 Å². The first kappa shape index (κ1) is 13.9. The SMILES string of the molecule is COC(=O)c1ccc(Cn2nnc(C(C)=O)c2C)cc1. The van der Waals surface area contributed by atoms with Gasteiger partial charge in [0.05, 0.1) is 24.9 Å². The van der Waals surface area contributed by atoms with Crippen molar-refractivity contribution in [2.24, 2.45) is 0 Å². The molecule has 2 aromatic rings. The number of ketones is 1. The lowest BCUT2D eigenvalue weighted by atomic mass is 10.1. The van der Waals surface area contributed by atoms with Gasteiger partial charge in [0.15, 0.2) is 11.5 Å². The molecule has 0 bridgehead atoms. The maximum absolute atomic E-state index is 11.3. The number of methoxy groups -OCH3 is 1. The van der Waals surface area contributed by atoms with Crippen LogP contribution in [0.15, 0.2) is 24.3 Å². The van der Waals surface area contributed by atoms with Crippen molar-refractivity contribution in [2.75, 3.05) is 7.11 Å². The van der Waals surface area contributed by atoms with Gasteiger partial charge < -0.3 is 4.74 Å². The summed E-state index contributed by atoms with van der Waals surface area (Å²) >= 11 is 0. The first-order chi connectivity index (χ1) is 9.52. The zero-order valence-electron chi connectivity index (χ0n) is 11.6. The molecule has 104 valence electrons. The number of ether oxygens (including phenoxy) is 1. The van der Waals surface area contributed by atoms with Gasteiger partial charge in [-0.1, -0.05) is 17.3 Å². The fourth-order valence-corrected chi connectivity index (χ4v) is 1.87. The molecule has 20 heavy (non-hydrogen) atoms. The van der Waals surface area contributed by atoms with Crippen LogP contribution in [0.5, 0.6) is 0 Å². The summed E-state index contributed by atoms with van der Waals surface area (Å²) in [5.74, 6) is -0.470. The fourth-order valence-electron chi connectivity index (χ4n) is 1.87. The Morgan fingerprint density at radius 1 is 1.25 bits per heavy atom. The molecule has 1 aromatic heterocycles. The largest absolute Gasteiger partial charge is 0.465 e. The van der Waals surface area contributed by atoms with Crippen LogP contribution in [0.4, 0.5) is 0 Å². The minimum Gasteiger partial charge on any atom is -0.465 e. The highest BCUT2D eigenvalue weighted by atomic mass is 16.5. The van der Waals surface area contributed by atoms with Gasteiger partial charge in [-0.05, 0) is 24.6 Å². The van der Waals surface area contributed by atoms with E-state index in [9.17, 15) is 9.59 Å². The Kier molecular flexibility index (Phi) is 3.93. The minimum atomic E-state index is -0.368. The van der Waals surface area contributed by atoms with E-state index in [4.69, 9.17) is 0 Å². The normalized spacial score (nSPS) is 10.3. The number of carbonyl (C=O) groups is 2. The van der Waals surface area contributed by atoms with Crippen LogP contribution in [-0.4, -0.2) is 33.9 Å². The Bertz CT molecular complexity index is 644. The maximum Gasteiger partial charge on any atom is 0.337 e. The van der Waals surface area contributed by atoms with Crippen LogP contribution < -0.4 is 0 Å². The van der Waals surface area contributed by atoms with E-state index in [1.165, 1.54) is 14.0 Å². The van der Waals surface area contributed by atoms with Crippen LogP contribution >= 0.6 is 0 Å². The summed E-state index contributed by atoms with van der Waals surface area (Å²) in [6, 6.07) is 7.03. The van der Waals surface area contributed by atoms with Crippen LogP contribution in [0.25, 0.3) is 0 Å². The summed E-state index contributed by atoms with van der Waals surface area (Å²) in [6.45, 7) is 3.76. The molecule has 2 rings (SSSR count). The molecule has 1 aromatic carbocycles. The Labute approximate surface area is 116 Å². The van der Waals surface area contributed by atoms with E-state index in [-0.39, 0.29) is 11.8 Å². The molecule has 1 heterocycles. The van der Waals surface area contributed by atoms with Crippen molar-refractivity contribution >= 4 is 11.8 Å². The Morgan fingerprint density at radius 2 is 1.90 bits per heavy atom. The number of Topliss-reactive ketones (excluding diaryl/α,β-unsaturated/α-hetero) is 1. The van der Waals surface area contributed by atoms with Crippen molar-refractivity contribution in [2.45, 2.75) is 20.4 Å². The predicted molar refractivity (Wildman–Crippen MR) is 71.6 cm³/mol. The third kappa shape index (κ3) is 2.74. The first-order valence-electron chi connectivity index (χ1n) is 6.11. The van der Waals surface area contributed by atoms with Gasteiger partial charge in [-0.15, -0.1) is 5.10 Å². The van der Waals surface area contributed by atoms with Gasteiger partial charge >= 0.3 is 5.97 Å². The molecule has 6 heteroatoms. The van der Waals surface area contributed by atoms with Crippen molar-refractivity contribution < 1.29 is 14.3 Å². The molecule has 0 aliphatic rings. The lowest BCUT2D eigenvalue weighted by molar-refractivity contribution is 0.0600. The molecule has 6 nitrogen and oxygen atoms in total. The average molecular weight is 273 g/mol. The number of esters is 1. The number of carbonyl (C=O) groups excluding carboxylic acids is 2. The molecule has 0 unspecified atom stereocenters. The summed E-state index contributed by atoms with van der Waals surface area (Å²) < 4.78 is 6.30. The molecule has 0 amide bonds. The van der Waals surface area contributed by atoms with Crippen molar-refractivity contribution in [3.05, 3.63) is 46.8 Å². The molecule has 0 N–H and O–H groups in total. The highest BCUT2D eigenvalue weighted by Gasteiger charge is 2.12. The summed E-state index contributed by atoms with van der Waals surface area (Å²) in [4.78, 5) is 22.6. The van der Waals surface area contributed by atoms with Crippen LogP contribution in [0.1, 0.15) is 39.0 Å². The van der Waals surface area contributed by atoms with E-state index in [2.05, 4.69) is 15.0 Å². The molecule has 0 radical (unpaired) electrons. The van der Waals surface area contributed by atoms with E-state index in [1.54, 1.807) is 23.7 Å². The zero-order chi connectivity index (χ0) is 14.7. The summed E-state index contributed by atoms with van der Waals surface area (Å²) in [7, 11) is 1.35. The molecule has 0 atom stereocenters. The first-order valence-corrected chi connectivity index (χ1v) is 6.11. The molecule has 0 saturated heterocycles. The lowest BCUT2D eigenvalue weighted by Crippen LogP contribution is -2.06. The maximum atomic E-state index is 11.3. The summed E-state index contributed by atoms with van der Waals surface area (Å²) in [5.41, 5.74) is 2.57. The van der Waals surface area contributed by atoms with Gasteiger partial charge in [0.2, 0.25) is 0 Å². The van der Waals surface area contributed by atoms with Crippen LogP contribution in [-0.2, 0) is 11.3 Å². The molecular weight excluding hydrogens is 258 g/mol. The van der Waals surface area contributed by atoms with Crippen molar-refractivity contribution in [1.29, 1.82) is 0 Å². The quantitative estimate of drug-likeness (QED) is 0.625. The Balaban J connectivity index is 2.18. The second-order valence-electron chi connectivity index (χ2n) is 4.43. The second-order valence-corrected chi connectivity index (χ2v) is 4.43. The van der Waals surface area contributed by atoms with Gasteiger partial charge in [-0.3, -0.25) is 4.79 Å². The highest BCUT2D eigenvalue weighted by Crippen LogP contribution is 2.10. The molecular formula is C14H15N3O3. The van der Waals surface area contributed by atoms with Gasteiger partial charge in [-0.25, -0.2) is 9.48 Å². The van der Waals surface area contributed by atoms with Gasteiger partial charge in [0.25, 0.3) is 0 Å². The number of rotatable bonds is 4. The standard InChI is InChI=1S/C14H15N3O3/c1-9-13(10(2)18)15-16-17(9)8-11-4-6-12(7-5-11)14(19)20-3/h4-7H,8H2,1-3H3. The number of hydrogen-bond acceptors (Lipinski definition) is 5. The molecule has 0 fully saturated rings. The fraction of sp³-hybridized carbons (Fsp3) is 0.286. The van der Waals surface area contributed by atoms with E-state index in [1.807, 2.05) is 12.1 Å². The lowest BCUT2D eigenvalue weighted by Gasteiger charge is -2.05. The second kappa shape index (κ2) is 5.64. The Morgan fingerprint density at radius 3 is 2.40 bits per heavy atom. The van der Waals surface area contributed by atoms with Gasteiger partial charge in [-0.2, -0.15) is 0 Å².